The van der Waals surface area contributed by atoms with E-state index in [4.69, 9.17) is 9.15 Å². The van der Waals surface area contributed by atoms with Crippen molar-refractivity contribution in [2.75, 3.05) is 31.7 Å². The minimum Gasteiger partial charge on any atom is -0.440 e. The molecule has 126 valence electrons. The highest BCUT2D eigenvalue weighted by molar-refractivity contribution is 7.09. The van der Waals surface area contributed by atoms with Gasteiger partial charge in [-0.3, -0.25) is 0 Å². The number of methoxy groups -OCH3 is 1. The number of aromatic nitrogens is 3. The van der Waals surface area contributed by atoms with Gasteiger partial charge in [0.05, 0.1) is 12.5 Å². The number of hydrogen-bond donors (Lipinski definition) is 0. The minimum absolute atomic E-state index is 0.303. The van der Waals surface area contributed by atoms with Crippen LogP contribution in [0.15, 0.2) is 28.7 Å². The second-order valence-corrected chi connectivity index (χ2v) is 6.77. The number of hydrogen-bond acceptors (Lipinski definition) is 7. The largest absolute Gasteiger partial charge is 0.440 e. The molecule has 0 spiro atoms. The van der Waals surface area contributed by atoms with Crippen molar-refractivity contribution in [2.45, 2.75) is 25.2 Å². The highest BCUT2D eigenvalue weighted by atomic mass is 32.1. The van der Waals surface area contributed by atoms with Gasteiger partial charge in [-0.25, -0.2) is 9.97 Å². The van der Waals surface area contributed by atoms with Crippen LogP contribution in [0.4, 0.5) is 5.13 Å². The van der Waals surface area contributed by atoms with E-state index >= 15 is 0 Å². The van der Waals surface area contributed by atoms with Crippen LogP contribution < -0.4 is 4.90 Å². The maximum Gasteiger partial charge on any atom is 0.205 e. The molecule has 3 heterocycles. The van der Waals surface area contributed by atoms with Crippen LogP contribution in [0.25, 0.3) is 11.1 Å². The zero-order chi connectivity index (χ0) is 16.4. The number of fused-ring (bicyclic) bond motifs is 1. The molecule has 1 unspecified atom stereocenters. The number of para-hydroxylation sites is 2. The van der Waals surface area contributed by atoms with E-state index in [0.29, 0.717) is 12.5 Å². The lowest BCUT2D eigenvalue weighted by Crippen LogP contribution is -2.34. The van der Waals surface area contributed by atoms with E-state index in [1.165, 1.54) is 11.5 Å². The molecule has 0 bridgehead atoms. The normalized spacial score (nSPS) is 18.4. The van der Waals surface area contributed by atoms with Gasteiger partial charge in [-0.2, -0.15) is 4.37 Å². The van der Waals surface area contributed by atoms with Crippen LogP contribution >= 0.6 is 11.5 Å². The molecule has 1 aliphatic heterocycles. The first kappa shape index (κ1) is 15.5. The molecule has 1 fully saturated rings. The van der Waals surface area contributed by atoms with Gasteiger partial charge in [-0.05, 0) is 25.0 Å². The molecule has 0 saturated carbocycles. The summed E-state index contributed by atoms with van der Waals surface area (Å²) >= 11 is 1.47. The molecule has 2 aromatic heterocycles. The number of ether oxygens (including phenoxy) is 1. The Hall–Kier alpha value is -1.99. The lowest BCUT2D eigenvalue weighted by molar-refractivity contribution is 0.201. The summed E-state index contributed by atoms with van der Waals surface area (Å²) in [4.78, 5) is 11.6. The second kappa shape index (κ2) is 6.86. The smallest absolute Gasteiger partial charge is 0.205 e. The van der Waals surface area contributed by atoms with E-state index in [9.17, 15) is 0 Å². The van der Waals surface area contributed by atoms with Crippen LogP contribution in [-0.4, -0.2) is 41.1 Å². The average molecular weight is 344 g/mol. The second-order valence-electron chi connectivity index (χ2n) is 6.04. The number of benzene rings is 1. The zero-order valence-electron chi connectivity index (χ0n) is 13.6. The maximum absolute atomic E-state index is 5.96. The Labute approximate surface area is 144 Å². The highest BCUT2D eigenvalue weighted by Gasteiger charge is 2.27. The third kappa shape index (κ3) is 3.14. The van der Waals surface area contributed by atoms with Crippen molar-refractivity contribution >= 4 is 27.8 Å². The Bertz CT molecular complexity index is 783. The van der Waals surface area contributed by atoms with Crippen LogP contribution in [0.3, 0.4) is 0 Å². The minimum atomic E-state index is 0.303. The predicted octanol–water partition coefficient (Wildman–Crippen LogP) is 3.25. The fraction of sp³-hybridized carbons (Fsp3) is 0.471. The summed E-state index contributed by atoms with van der Waals surface area (Å²) in [5, 5.41) is 0.988. The Morgan fingerprint density at radius 3 is 3.12 bits per heavy atom. The highest BCUT2D eigenvalue weighted by Crippen LogP contribution is 2.31. The van der Waals surface area contributed by atoms with E-state index in [-0.39, 0.29) is 0 Å². The molecule has 24 heavy (non-hydrogen) atoms. The topological polar surface area (TPSA) is 64.3 Å². The number of nitrogens with zero attached hydrogens (tertiary/aromatic N) is 4. The molecule has 0 aliphatic carbocycles. The number of anilines is 1. The number of piperidine rings is 1. The van der Waals surface area contributed by atoms with Gasteiger partial charge in [-0.15, -0.1) is 0 Å². The van der Waals surface area contributed by atoms with E-state index in [1.54, 1.807) is 7.11 Å². The maximum atomic E-state index is 5.96. The summed E-state index contributed by atoms with van der Waals surface area (Å²) < 4.78 is 15.5. The molecule has 0 amide bonds. The van der Waals surface area contributed by atoms with Crippen LogP contribution in [0.1, 0.15) is 30.5 Å². The van der Waals surface area contributed by atoms with Crippen LogP contribution in [-0.2, 0) is 11.2 Å². The summed E-state index contributed by atoms with van der Waals surface area (Å²) in [7, 11) is 1.70. The van der Waals surface area contributed by atoms with E-state index in [1.807, 2.05) is 24.3 Å². The Kier molecular flexibility index (Phi) is 4.44. The van der Waals surface area contributed by atoms with Gasteiger partial charge in [0.1, 0.15) is 11.3 Å². The summed E-state index contributed by atoms with van der Waals surface area (Å²) in [6.07, 6.45) is 2.96. The molecule has 0 radical (unpaired) electrons. The van der Waals surface area contributed by atoms with Crippen molar-refractivity contribution in [3.05, 3.63) is 36.0 Å². The lowest BCUT2D eigenvalue weighted by Gasteiger charge is -2.30. The fourth-order valence-corrected chi connectivity index (χ4v) is 3.83. The first-order chi connectivity index (χ1) is 11.8. The molecule has 4 rings (SSSR count). The number of oxazole rings is 1. The number of rotatable bonds is 5. The van der Waals surface area contributed by atoms with Crippen LogP contribution in [0.2, 0.25) is 0 Å². The monoisotopic (exact) mass is 344 g/mol. The Morgan fingerprint density at radius 2 is 2.25 bits per heavy atom. The van der Waals surface area contributed by atoms with Gasteiger partial charge in [-0.1, -0.05) is 12.1 Å². The van der Waals surface area contributed by atoms with E-state index in [0.717, 1.165) is 60.3 Å². The summed E-state index contributed by atoms with van der Waals surface area (Å²) in [5.41, 5.74) is 1.80. The average Bonchev–Trinajstić information content (AvgIpc) is 3.27. The van der Waals surface area contributed by atoms with Gasteiger partial charge >= 0.3 is 0 Å². The molecule has 0 N–H and O–H groups in total. The quantitative estimate of drug-likeness (QED) is 0.708. The molecule has 1 saturated heterocycles. The third-order valence-electron chi connectivity index (χ3n) is 4.34. The van der Waals surface area contributed by atoms with E-state index < -0.39 is 0 Å². The van der Waals surface area contributed by atoms with E-state index in [2.05, 4.69) is 19.2 Å². The summed E-state index contributed by atoms with van der Waals surface area (Å²) in [5.74, 6) is 2.00. The standard InChI is InChI=1S/C17H20N4O2S/c1-22-10-8-15-19-17(24-20-15)21-9-4-5-12(11-21)16-18-13-6-2-3-7-14(13)23-16/h2-3,6-7,12H,4-5,8-11H2,1H3. The third-order valence-corrected chi connectivity index (χ3v) is 5.15. The van der Waals surface area contributed by atoms with Crippen molar-refractivity contribution in [3.63, 3.8) is 0 Å². The predicted molar refractivity (Wildman–Crippen MR) is 93.7 cm³/mol. The molecule has 7 heteroatoms. The van der Waals surface area contributed by atoms with Gasteiger partial charge in [0, 0.05) is 38.2 Å². The summed E-state index contributed by atoms with van der Waals surface area (Å²) in [6, 6.07) is 7.94. The van der Waals surface area contributed by atoms with Crippen LogP contribution in [0.5, 0.6) is 0 Å². The Morgan fingerprint density at radius 1 is 1.33 bits per heavy atom. The van der Waals surface area contributed by atoms with Crippen molar-refractivity contribution in [1.82, 2.24) is 14.3 Å². The van der Waals surface area contributed by atoms with Gasteiger partial charge in [0.2, 0.25) is 5.13 Å². The molecular formula is C17H20N4O2S. The molecular weight excluding hydrogens is 324 g/mol. The van der Waals surface area contributed by atoms with Crippen molar-refractivity contribution in [2.24, 2.45) is 0 Å². The SMILES string of the molecule is COCCc1nsc(N2CCCC(c3nc4ccccc4o3)C2)n1. The molecule has 1 aliphatic rings. The Balaban J connectivity index is 1.49. The lowest BCUT2D eigenvalue weighted by atomic mass is 9.98. The van der Waals surface area contributed by atoms with Crippen molar-refractivity contribution in [1.29, 1.82) is 0 Å². The van der Waals surface area contributed by atoms with Gasteiger partial charge < -0.3 is 14.1 Å². The molecule has 3 aromatic rings. The first-order valence-corrected chi connectivity index (χ1v) is 9.03. The fourth-order valence-electron chi connectivity index (χ4n) is 3.09. The molecule has 6 nitrogen and oxygen atoms in total. The van der Waals surface area contributed by atoms with Gasteiger partial charge in [0.15, 0.2) is 11.5 Å². The van der Waals surface area contributed by atoms with Gasteiger partial charge in [0.25, 0.3) is 0 Å². The summed E-state index contributed by atoms with van der Waals surface area (Å²) in [6.45, 7) is 2.54. The van der Waals surface area contributed by atoms with Crippen LogP contribution in [0, 0.1) is 0 Å². The molecule has 1 atom stereocenters. The molecule has 1 aromatic carbocycles. The van der Waals surface area contributed by atoms with Crippen molar-refractivity contribution in [3.8, 4) is 0 Å². The zero-order valence-corrected chi connectivity index (χ0v) is 14.5. The van der Waals surface area contributed by atoms with Crippen molar-refractivity contribution < 1.29 is 9.15 Å². The first-order valence-electron chi connectivity index (χ1n) is 8.25.